The van der Waals surface area contributed by atoms with Crippen LogP contribution in [0.5, 0.6) is 5.75 Å². The van der Waals surface area contributed by atoms with Crippen LogP contribution in [0.15, 0.2) is 78.0 Å². The summed E-state index contributed by atoms with van der Waals surface area (Å²) in [7, 11) is 0. The number of anilines is 2. The second kappa shape index (κ2) is 11.4. The second-order valence-electron chi connectivity index (χ2n) is 9.80. The Morgan fingerprint density at radius 2 is 1.79 bits per heavy atom. The molecule has 42 heavy (non-hydrogen) atoms. The fourth-order valence-electron chi connectivity index (χ4n) is 4.37. The van der Waals surface area contributed by atoms with Crippen LogP contribution in [0.3, 0.4) is 0 Å². The number of hydrogen-bond donors (Lipinski definition) is 2. The van der Waals surface area contributed by atoms with Crippen molar-refractivity contribution in [1.82, 2.24) is 20.1 Å². The molecule has 0 saturated carbocycles. The second-order valence-corrected chi connectivity index (χ2v) is 9.80. The minimum Gasteiger partial charge on any atom is -0.406 e. The average Bonchev–Trinajstić information content (AvgIpc) is 3.55. The predicted molar refractivity (Wildman–Crippen MR) is 151 cm³/mol. The summed E-state index contributed by atoms with van der Waals surface area (Å²) in [6, 6.07) is 17.1. The average molecular weight is 578 g/mol. The van der Waals surface area contributed by atoms with Gasteiger partial charge in [0, 0.05) is 11.3 Å². The summed E-state index contributed by atoms with van der Waals surface area (Å²) in [5.74, 6) is 0.118. The van der Waals surface area contributed by atoms with Gasteiger partial charge in [0.1, 0.15) is 12.1 Å². The number of halogens is 3. The third kappa shape index (κ3) is 6.40. The minimum absolute atomic E-state index is 0.0252. The highest BCUT2D eigenvalue weighted by Gasteiger charge is 2.32. The topological polar surface area (TPSA) is 114 Å². The van der Waals surface area contributed by atoms with Crippen LogP contribution in [0.2, 0.25) is 0 Å². The molecular formula is C29H26F3N7O3. The molecule has 0 atom stereocenters. The first-order valence-electron chi connectivity index (χ1n) is 12.9. The number of ether oxygens (including phenoxy) is 1. The Morgan fingerprint density at radius 3 is 2.45 bits per heavy atom. The number of nitrogens with one attached hydrogen (secondary N) is 2. The zero-order valence-corrected chi connectivity index (χ0v) is 22.8. The van der Waals surface area contributed by atoms with E-state index in [9.17, 15) is 22.8 Å². The van der Waals surface area contributed by atoms with Crippen LogP contribution in [-0.4, -0.2) is 45.6 Å². The summed E-state index contributed by atoms with van der Waals surface area (Å²) in [5, 5.41) is 9.97. The highest BCUT2D eigenvalue weighted by molar-refractivity contribution is 6.24. The highest BCUT2D eigenvalue weighted by atomic mass is 19.4. The SMILES string of the molecule is Cc1ccc(C(C)C)c(N2C(=O)CN/C2=N\C(=O)Nc2ccc(-c3ncn(-c4ccc(OC(F)(F)F)cc4)n3)cc2)c1. The van der Waals surface area contributed by atoms with Gasteiger partial charge in [-0.3, -0.25) is 4.79 Å². The van der Waals surface area contributed by atoms with E-state index < -0.39 is 12.4 Å². The van der Waals surface area contributed by atoms with Crippen molar-refractivity contribution in [3.8, 4) is 22.8 Å². The molecule has 3 amide bonds. The van der Waals surface area contributed by atoms with Crippen LogP contribution in [0.1, 0.15) is 30.9 Å². The molecule has 10 nitrogen and oxygen atoms in total. The number of nitrogens with zero attached hydrogens (tertiary/aromatic N) is 5. The van der Waals surface area contributed by atoms with Crippen molar-refractivity contribution < 1.29 is 27.5 Å². The summed E-state index contributed by atoms with van der Waals surface area (Å²) in [6.07, 6.45) is -3.34. The minimum atomic E-state index is -4.77. The molecule has 3 aromatic carbocycles. The largest absolute Gasteiger partial charge is 0.573 e. The van der Waals surface area contributed by atoms with Crippen LogP contribution >= 0.6 is 0 Å². The summed E-state index contributed by atoms with van der Waals surface area (Å²) >= 11 is 0. The van der Waals surface area contributed by atoms with Crippen molar-refractivity contribution >= 4 is 29.3 Å². The van der Waals surface area contributed by atoms with Gasteiger partial charge in [0.25, 0.3) is 5.91 Å². The molecule has 1 saturated heterocycles. The number of guanidine groups is 1. The first-order chi connectivity index (χ1) is 20.0. The molecule has 0 bridgehead atoms. The molecule has 1 aliphatic heterocycles. The van der Waals surface area contributed by atoms with Crippen molar-refractivity contribution in [2.45, 2.75) is 33.1 Å². The monoisotopic (exact) mass is 577 g/mol. The van der Waals surface area contributed by atoms with E-state index in [0.717, 1.165) is 11.1 Å². The third-order valence-electron chi connectivity index (χ3n) is 6.34. The molecule has 1 aliphatic rings. The summed E-state index contributed by atoms with van der Waals surface area (Å²) in [4.78, 5) is 35.3. The summed E-state index contributed by atoms with van der Waals surface area (Å²) < 4.78 is 42.5. The lowest BCUT2D eigenvalue weighted by Crippen LogP contribution is -2.34. The number of hydrogen-bond acceptors (Lipinski definition) is 5. The van der Waals surface area contributed by atoms with Gasteiger partial charge in [0.05, 0.1) is 17.9 Å². The van der Waals surface area contributed by atoms with E-state index in [1.807, 2.05) is 39.0 Å². The van der Waals surface area contributed by atoms with Crippen molar-refractivity contribution in [2.75, 3.05) is 16.8 Å². The van der Waals surface area contributed by atoms with E-state index in [1.165, 1.54) is 40.2 Å². The molecular weight excluding hydrogens is 551 g/mol. The number of aliphatic imine (C=N–C) groups is 1. The number of aryl methyl sites for hydroxylation is 1. The molecule has 0 spiro atoms. The number of amides is 3. The van der Waals surface area contributed by atoms with Crippen molar-refractivity contribution in [2.24, 2.45) is 4.99 Å². The molecule has 0 radical (unpaired) electrons. The Kier molecular flexibility index (Phi) is 7.66. The fraction of sp³-hybridized carbons (Fsp3) is 0.207. The van der Waals surface area contributed by atoms with Crippen molar-refractivity contribution in [3.05, 3.63) is 84.2 Å². The van der Waals surface area contributed by atoms with Crippen molar-refractivity contribution in [3.63, 3.8) is 0 Å². The van der Waals surface area contributed by atoms with Gasteiger partial charge < -0.3 is 15.4 Å². The number of aromatic nitrogens is 3. The first-order valence-corrected chi connectivity index (χ1v) is 12.9. The fourth-order valence-corrected chi connectivity index (χ4v) is 4.37. The molecule has 4 aromatic rings. The zero-order chi connectivity index (χ0) is 30.0. The summed E-state index contributed by atoms with van der Waals surface area (Å²) in [6.45, 7) is 6.02. The third-order valence-corrected chi connectivity index (χ3v) is 6.34. The van der Waals surface area contributed by atoms with Crippen LogP contribution in [-0.2, 0) is 4.79 Å². The molecule has 13 heteroatoms. The van der Waals surface area contributed by atoms with Gasteiger partial charge in [-0.15, -0.1) is 18.3 Å². The van der Waals surface area contributed by atoms with E-state index >= 15 is 0 Å². The van der Waals surface area contributed by atoms with E-state index in [2.05, 4.69) is 30.4 Å². The zero-order valence-electron chi connectivity index (χ0n) is 22.8. The highest BCUT2D eigenvalue weighted by Crippen LogP contribution is 2.30. The maximum absolute atomic E-state index is 12.8. The number of rotatable bonds is 6. The number of urea groups is 1. The molecule has 0 unspecified atom stereocenters. The molecule has 0 aliphatic carbocycles. The standard InChI is InChI=1S/C29H26F3N7O3/c1-17(2)23-13-4-18(3)14-24(23)39-25(40)15-33-27(39)36-28(41)35-20-7-5-19(6-8-20)26-34-16-38(37-26)21-9-11-22(12-10-21)42-29(30,31)32/h4-14,16-17H,15H2,1-3H3,(H2,33,35,36,41). The molecule has 216 valence electrons. The maximum atomic E-state index is 12.8. The van der Waals surface area contributed by atoms with E-state index in [-0.39, 0.29) is 30.1 Å². The van der Waals surface area contributed by atoms with E-state index in [1.54, 1.807) is 24.3 Å². The molecule has 2 heterocycles. The predicted octanol–water partition coefficient (Wildman–Crippen LogP) is 5.79. The number of benzene rings is 3. The quantitative estimate of drug-likeness (QED) is 0.300. The van der Waals surface area contributed by atoms with Gasteiger partial charge in [-0.1, -0.05) is 26.0 Å². The van der Waals surface area contributed by atoms with Gasteiger partial charge in [-0.2, -0.15) is 4.99 Å². The van der Waals surface area contributed by atoms with Gasteiger partial charge in [-0.05, 0) is 78.6 Å². The van der Waals surface area contributed by atoms with E-state index in [4.69, 9.17) is 0 Å². The Hall–Kier alpha value is -5.20. The number of carbonyl (C=O) groups excluding carboxylic acids is 2. The molecule has 5 rings (SSSR count). The Labute approximate surface area is 238 Å². The van der Waals surface area contributed by atoms with Gasteiger partial charge in [0.2, 0.25) is 5.96 Å². The lowest BCUT2D eigenvalue weighted by molar-refractivity contribution is -0.274. The van der Waals surface area contributed by atoms with Crippen LogP contribution in [0.25, 0.3) is 17.1 Å². The van der Waals surface area contributed by atoms with Crippen LogP contribution < -0.4 is 20.3 Å². The van der Waals surface area contributed by atoms with Crippen molar-refractivity contribution in [1.29, 1.82) is 0 Å². The molecule has 1 fully saturated rings. The van der Waals surface area contributed by atoms with Crippen LogP contribution in [0.4, 0.5) is 29.3 Å². The van der Waals surface area contributed by atoms with Gasteiger partial charge >= 0.3 is 12.4 Å². The number of alkyl halides is 3. The molecule has 1 aromatic heterocycles. The first kappa shape index (κ1) is 28.3. The normalized spacial score (nSPS) is 14.4. The van der Waals surface area contributed by atoms with Crippen LogP contribution in [0, 0.1) is 6.92 Å². The maximum Gasteiger partial charge on any atom is 0.573 e. The van der Waals surface area contributed by atoms with E-state index in [0.29, 0.717) is 28.5 Å². The molecule has 2 N–H and O–H groups in total. The van der Waals surface area contributed by atoms with Gasteiger partial charge in [-0.25, -0.2) is 19.4 Å². The van der Waals surface area contributed by atoms with Gasteiger partial charge in [0.15, 0.2) is 5.82 Å². The lowest BCUT2D eigenvalue weighted by Gasteiger charge is -2.22. The Balaban J connectivity index is 1.27. The smallest absolute Gasteiger partial charge is 0.406 e. The summed E-state index contributed by atoms with van der Waals surface area (Å²) in [5.41, 5.74) is 4.22. The lowest BCUT2D eigenvalue weighted by atomic mass is 9.99. The Morgan fingerprint density at radius 1 is 1.07 bits per heavy atom. The Bertz CT molecular complexity index is 1650. The number of carbonyl (C=O) groups is 2.